The Balaban J connectivity index is 1.48. The molecule has 0 unspecified atom stereocenters. The standard InChI is InChI=1S/C19H28N6O/c1-13-14-5-3-6-15(14)16-17(20-2)23-19(24-18(16)22-13)21-7-4-8-25-9-11-26-12-10-25/h3-12H2,1-2H3,(H2,20,21,22,23,24). The number of nitrogens with zero attached hydrogens (tertiary/aromatic N) is 4. The Labute approximate surface area is 154 Å². The summed E-state index contributed by atoms with van der Waals surface area (Å²) in [6, 6.07) is 0. The first-order valence-corrected chi connectivity index (χ1v) is 9.68. The average Bonchev–Trinajstić information content (AvgIpc) is 3.16. The first kappa shape index (κ1) is 17.4. The number of rotatable bonds is 6. The molecule has 0 amide bonds. The lowest BCUT2D eigenvalue weighted by Crippen LogP contribution is -2.37. The van der Waals surface area contributed by atoms with Crippen molar-refractivity contribution in [3.05, 3.63) is 16.8 Å². The van der Waals surface area contributed by atoms with E-state index in [1.807, 2.05) is 7.05 Å². The van der Waals surface area contributed by atoms with Crippen LogP contribution in [0.1, 0.15) is 29.7 Å². The Hall–Kier alpha value is -1.99. The lowest BCUT2D eigenvalue weighted by Gasteiger charge is -2.26. The van der Waals surface area contributed by atoms with Crippen molar-refractivity contribution in [3.63, 3.8) is 0 Å². The van der Waals surface area contributed by atoms with E-state index in [2.05, 4.69) is 22.5 Å². The third-order valence-electron chi connectivity index (χ3n) is 5.39. The van der Waals surface area contributed by atoms with Gasteiger partial charge in [-0.15, -0.1) is 0 Å². The minimum Gasteiger partial charge on any atom is -0.379 e. The van der Waals surface area contributed by atoms with Crippen molar-refractivity contribution in [2.75, 3.05) is 57.1 Å². The molecule has 2 aliphatic rings. The third kappa shape index (κ3) is 3.46. The Bertz CT molecular complexity index is 787. The molecule has 0 aromatic carbocycles. The molecule has 1 aliphatic heterocycles. The summed E-state index contributed by atoms with van der Waals surface area (Å²) in [6.07, 6.45) is 4.48. The average molecular weight is 356 g/mol. The quantitative estimate of drug-likeness (QED) is 0.767. The van der Waals surface area contributed by atoms with Crippen LogP contribution in [-0.4, -0.2) is 66.3 Å². The minimum absolute atomic E-state index is 0.661. The molecule has 0 spiro atoms. The number of aromatic nitrogens is 3. The van der Waals surface area contributed by atoms with E-state index >= 15 is 0 Å². The SMILES string of the molecule is CNc1nc(NCCCN2CCOCC2)nc2nc(C)c3c(c12)CCC3. The minimum atomic E-state index is 0.661. The predicted molar refractivity (Wildman–Crippen MR) is 104 cm³/mol. The summed E-state index contributed by atoms with van der Waals surface area (Å²) in [7, 11) is 1.92. The van der Waals surface area contributed by atoms with Crippen molar-refractivity contribution in [1.82, 2.24) is 19.9 Å². The van der Waals surface area contributed by atoms with Gasteiger partial charge < -0.3 is 15.4 Å². The van der Waals surface area contributed by atoms with Gasteiger partial charge in [-0.2, -0.15) is 9.97 Å². The highest BCUT2D eigenvalue weighted by molar-refractivity contribution is 5.92. The number of ether oxygens (including phenoxy) is 1. The van der Waals surface area contributed by atoms with Gasteiger partial charge in [0.05, 0.1) is 18.6 Å². The number of hydrogen-bond acceptors (Lipinski definition) is 7. The van der Waals surface area contributed by atoms with Gasteiger partial charge in [-0.3, -0.25) is 4.90 Å². The summed E-state index contributed by atoms with van der Waals surface area (Å²) in [5.74, 6) is 1.55. The zero-order chi connectivity index (χ0) is 17.9. The fourth-order valence-corrected chi connectivity index (χ4v) is 4.04. The highest BCUT2D eigenvalue weighted by Gasteiger charge is 2.21. The van der Waals surface area contributed by atoms with Crippen LogP contribution in [0.4, 0.5) is 11.8 Å². The van der Waals surface area contributed by atoms with E-state index in [1.54, 1.807) is 0 Å². The largest absolute Gasteiger partial charge is 0.379 e. The van der Waals surface area contributed by atoms with Crippen LogP contribution in [-0.2, 0) is 17.6 Å². The molecule has 2 aromatic heterocycles. The summed E-state index contributed by atoms with van der Waals surface area (Å²) in [4.78, 5) is 16.6. The van der Waals surface area contributed by atoms with Gasteiger partial charge in [-0.25, -0.2) is 4.98 Å². The van der Waals surface area contributed by atoms with Crippen LogP contribution < -0.4 is 10.6 Å². The maximum Gasteiger partial charge on any atom is 0.226 e. The van der Waals surface area contributed by atoms with Crippen LogP contribution >= 0.6 is 0 Å². The number of fused-ring (bicyclic) bond motifs is 3. The zero-order valence-electron chi connectivity index (χ0n) is 15.8. The highest BCUT2D eigenvalue weighted by Crippen LogP contribution is 2.34. The smallest absolute Gasteiger partial charge is 0.226 e. The van der Waals surface area contributed by atoms with E-state index in [9.17, 15) is 0 Å². The molecule has 0 saturated carbocycles. The van der Waals surface area contributed by atoms with Gasteiger partial charge in [0.15, 0.2) is 5.65 Å². The second kappa shape index (κ2) is 7.72. The molecular weight excluding hydrogens is 328 g/mol. The molecule has 0 atom stereocenters. The van der Waals surface area contributed by atoms with E-state index < -0.39 is 0 Å². The lowest BCUT2D eigenvalue weighted by atomic mass is 10.1. The molecule has 26 heavy (non-hydrogen) atoms. The van der Waals surface area contributed by atoms with Gasteiger partial charge in [0, 0.05) is 32.4 Å². The fourth-order valence-electron chi connectivity index (χ4n) is 4.04. The molecule has 7 heteroatoms. The van der Waals surface area contributed by atoms with E-state index in [4.69, 9.17) is 19.7 Å². The number of hydrogen-bond donors (Lipinski definition) is 2. The van der Waals surface area contributed by atoms with Crippen molar-refractivity contribution in [2.24, 2.45) is 0 Å². The topological polar surface area (TPSA) is 75.2 Å². The van der Waals surface area contributed by atoms with Gasteiger partial charge in [-0.05, 0) is 50.3 Å². The Kier molecular flexibility index (Phi) is 5.17. The first-order chi connectivity index (χ1) is 12.8. The number of anilines is 2. The molecule has 4 rings (SSSR count). The molecule has 2 aromatic rings. The third-order valence-corrected chi connectivity index (χ3v) is 5.39. The maximum atomic E-state index is 5.39. The van der Waals surface area contributed by atoms with Crippen LogP contribution in [0, 0.1) is 6.92 Å². The van der Waals surface area contributed by atoms with E-state index in [1.165, 1.54) is 17.5 Å². The summed E-state index contributed by atoms with van der Waals surface area (Å²) >= 11 is 0. The monoisotopic (exact) mass is 356 g/mol. The molecule has 0 radical (unpaired) electrons. The van der Waals surface area contributed by atoms with E-state index in [-0.39, 0.29) is 0 Å². The molecule has 7 nitrogen and oxygen atoms in total. The van der Waals surface area contributed by atoms with Gasteiger partial charge in [0.1, 0.15) is 5.82 Å². The predicted octanol–water partition coefficient (Wildman–Crippen LogP) is 2.00. The van der Waals surface area contributed by atoms with Crippen LogP contribution in [0.3, 0.4) is 0 Å². The summed E-state index contributed by atoms with van der Waals surface area (Å²) in [5.41, 5.74) is 4.70. The van der Waals surface area contributed by atoms with Crippen molar-refractivity contribution >= 4 is 22.8 Å². The molecule has 1 fully saturated rings. The molecule has 140 valence electrons. The van der Waals surface area contributed by atoms with Gasteiger partial charge in [-0.1, -0.05) is 0 Å². The molecule has 2 N–H and O–H groups in total. The summed E-state index contributed by atoms with van der Waals surface area (Å²) < 4.78 is 5.39. The van der Waals surface area contributed by atoms with Gasteiger partial charge in [0.2, 0.25) is 5.95 Å². The van der Waals surface area contributed by atoms with Crippen LogP contribution in [0.15, 0.2) is 0 Å². The molecule has 0 bridgehead atoms. The van der Waals surface area contributed by atoms with Crippen LogP contribution in [0.5, 0.6) is 0 Å². The molecule has 3 heterocycles. The second-order valence-corrected chi connectivity index (χ2v) is 7.09. The molecular formula is C19H28N6O. The first-order valence-electron chi connectivity index (χ1n) is 9.68. The Morgan fingerprint density at radius 3 is 2.69 bits per heavy atom. The van der Waals surface area contributed by atoms with Crippen LogP contribution in [0.25, 0.3) is 11.0 Å². The number of morpholine rings is 1. The number of nitrogens with one attached hydrogen (secondary N) is 2. The van der Waals surface area contributed by atoms with Crippen molar-refractivity contribution in [2.45, 2.75) is 32.6 Å². The van der Waals surface area contributed by atoms with Crippen molar-refractivity contribution in [3.8, 4) is 0 Å². The normalized spacial score (nSPS) is 17.5. The van der Waals surface area contributed by atoms with Crippen LogP contribution in [0.2, 0.25) is 0 Å². The lowest BCUT2D eigenvalue weighted by molar-refractivity contribution is 0.0378. The van der Waals surface area contributed by atoms with Gasteiger partial charge >= 0.3 is 0 Å². The zero-order valence-corrected chi connectivity index (χ0v) is 15.8. The second-order valence-electron chi connectivity index (χ2n) is 7.09. The number of pyridine rings is 1. The number of aryl methyl sites for hydroxylation is 2. The van der Waals surface area contributed by atoms with E-state index in [0.717, 1.165) is 81.2 Å². The Morgan fingerprint density at radius 2 is 1.88 bits per heavy atom. The fraction of sp³-hybridized carbons (Fsp3) is 0.632. The Morgan fingerprint density at radius 1 is 1.08 bits per heavy atom. The van der Waals surface area contributed by atoms with Gasteiger partial charge in [0.25, 0.3) is 0 Å². The maximum absolute atomic E-state index is 5.39. The summed E-state index contributed by atoms with van der Waals surface area (Å²) in [5, 5.41) is 7.73. The van der Waals surface area contributed by atoms with Crippen molar-refractivity contribution < 1.29 is 4.74 Å². The molecule has 1 saturated heterocycles. The summed E-state index contributed by atoms with van der Waals surface area (Å²) in [6.45, 7) is 7.79. The molecule has 1 aliphatic carbocycles. The van der Waals surface area contributed by atoms with E-state index in [0.29, 0.717) is 5.95 Å². The van der Waals surface area contributed by atoms with Crippen molar-refractivity contribution in [1.29, 1.82) is 0 Å². The highest BCUT2D eigenvalue weighted by atomic mass is 16.5.